The second kappa shape index (κ2) is 7.03. The summed E-state index contributed by atoms with van der Waals surface area (Å²) in [5, 5.41) is 16.2. The third-order valence-corrected chi connectivity index (χ3v) is 4.38. The van der Waals surface area contributed by atoms with Crippen LogP contribution in [0.1, 0.15) is 19.5 Å². The number of ether oxygens (including phenoxy) is 1. The molecule has 1 aromatic heterocycles. The Balaban J connectivity index is 1.80. The van der Waals surface area contributed by atoms with Crippen LogP contribution in [0.4, 0.5) is 4.39 Å². The molecule has 6 nitrogen and oxygen atoms in total. The summed E-state index contributed by atoms with van der Waals surface area (Å²) in [5.74, 6) is -0.666. The molecule has 0 saturated carbocycles. The number of aromatic nitrogens is 1. The van der Waals surface area contributed by atoms with Crippen molar-refractivity contribution in [2.24, 2.45) is 0 Å². The molecular formula is C18H22FN3O3. The lowest BCUT2D eigenvalue weighted by Gasteiger charge is -2.32. The van der Waals surface area contributed by atoms with Crippen LogP contribution in [0.15, 0.2) is 30.5 Å². The highest BCUT2D eigenvalue weighted by atomic mass is 19.1. The van der Waals surface area contributed by atoms with Gasteiger partial charge in [0.1, 0.15) is 11.9 Å². The molecule has 1 aromatic carbocycles. The lowest BCUT2D eigenvalue weighted by molar-refractivity contribution is -0.137. The molecule has 3 rings (SSSR count). The number of morpholine rings is 1. The molecule has 2 heterocycles. The lowest BCUT2D eigenvalue weighted by Crippen LogP contribution is -2.56. The molecule has 0 spiro atoms. The number of benzene rings is 1. The fourth-order valence-corrected chi connectivity index (χ4v) is 3.01. The van der Waals surface area contributed by atoms with E-state index < -0.39 is 17.5 Å². The maximum Gasteiger partial charge on any atom is 0.251 e. The van der Waals surface area contributed by atoms with Crippen molar-refractivity contribution in [1.82, 2.24) is 15.6 Å². The summed E-state index contributed by atoms with van der Waals surface area (Å²) in [6, 6.07) is 6.91. The van der Waals surface area contributed by atoms with Crippen molar-refractivity contribution < 1.29 is 19.0 Å². The van der Waals surface area contributed by atoms with E-state index in [1.165, 1.54) is 6.20 Å². The average Bonchev–Trinajstić information content (AvgIpc) is 2.61. The Hall–Kier alpha value is -2.09. The summed E-state index contributed by atoms with van der Waals surface area (Å²) in [6.45, 7) is 4.21. The number of hydrogen-bond donors (Lipinski definition) is 3. The van der Waals surface area contributed by atoms with E-state index in [0.717, 1.165) is 0 Å². The maximum absolute atomic E-state index is 14.0. The van der Waals surface area contributed by atoms with Gasteiger partial charge in [-0.3, -0.25) is 9.78 Å². The Labute approximate surface area is 145 Å². The normalized spacial score (nSPS) is 21.3. The van der Waals surface area contributed by atoms with E-state index in [0.29, 0.717) is 23.0 Å². The topological polar surface area (TPSA) is 83.5 Å². The first-order chi connectivity index (χ1) is 11.9. The molecule has 0 radical (unpaired) electrons. The predicted octanol–water partition coefficient (Wildman–Crippen LogP) is 1.07. The van der Waals surface area contributed by atoms with E-state index in [-0.39, 0.29) is 25.2 Å². The first kappa shape index (κ1) is 17.7. The number of amides is 1. The van der Waals surface area contributed by atoms with Crippen LogP contribution in [0.25, 0.3) is 10.8 Å². The number of pyridine rings is 1. The number of nitrogens with one attached hydrogen (secondary N) is 2. The van der Waals surface area contributed by atoms with Crippen LogP contribution in [0.2, 0.25) is 0 Å². The Morgan fingerprint density at radius 1 is 1.44 bits per heavy atom. The van der Waals surface area contributed by atoms with E-state index in [9.17, 15) is 9.18 Å². The van der Waals surface area contributed by atoms with Crippen molar-refractivity contribution in [3.8, 4) is 0 Å². The van der Waals surface area contributed by atoms with Crippen molar-refractivity contribution in [3.05, 3.63) is 42.0 Å². The zero-order valence-electron chi connectivity index (χ0n) is 14.3. The zero-order valence-corrected chi connectivity index (χ0v) is 14.3. The SMILES string of the molecule is CC(C)(NC(=O)[C@@H]1CN[C@H](CO)CO1)c1ncc(F)c2ccccc12. The van der Waals surface area contributed by atoms with E-state index in [4.69, 9.17) is 9.84 Å². The third kappa shape index (κ3) is 3.63. The highest BCUT2D eigenvalue weighted by molar-refractivity contribution is 5.87. The van der Waals surface area contributed by atoms with Crippen LogP contribution in [0.3, 0.4) is 0 Å². The minimum Gasteiger partial charge on any atom is -0.395 e. The minimum atomic E-state index is -0.804. The summed E-state index contributed by atoms with van der Waals surface area (Å²) >= 11 is 0. The van der Waals surface area contributed by atoms with E-state index in [1.54, 1.807) is 18.2 Å². The first-order valence-corrected chi connectivity index (χ1v) is 8.24. The Morgan fingerprint density at radius 2 is 2.16 bits per heavy atom. The quantitative estimate of drug-likeness (QED) is 0.771. The second-order valence-electron chi connectivity index (χ2n) is 6.72. The number of halogens is 1. The molecule has 25 heavy (non-hydrogen) atoms. The van der Waals surface area contributed by atoms with Crippen LogP contribution in [-0.2, 0) is 15.1 Å². The third-order valence-electron chi connectivity index (χ3n) is 4.38. The van der Waals surface area contributed by atoms with Crippen molar-refractivity contribution >= 4 is 16.7 Å². The largest absolute Gasteiger partial charge is 0.395 e. The van der Waals surface area contributed by atoms with Crippen LogP contribution in [0.5, 0.6) is 0 Å². The van der Waals surface area contributed by atoms with Gasteiger partial charge in [-0.2, -0.15) is 0 Å². The summed E-state index contributed by atoms with van der Waals surface area (Å²) < 4.78 is 19.5. The lowest BCUT2D eigenvalue weighted by atomic mass is 9.94. The Bertz CT molecular complexity index is 773. The van der Waals surface area contributed by atoms with Crippen molar-refractivity contribution in [2.75, 3.05) is 19.8 Å². The number of aliphatic hydroxyl groups excluding tert-OH is 1. The molecule has 1 amide bonds. The summed E-state index contributed by atoms with van der Waals surface area (Å²) in [7, 11) is 0. The predicted molar refractivity (Wildman–Crippen MR) is 91.5 cm³/mol. The fourth-order valence-electron chi connectivity index (χ4n) is 3.01. The molecule has 3 N–H and O–H groups in total. The van der Waals surface area contributed by atoms with Crippen molar-refractivity contribution in [3.63, 3.8) is 0 Å². The van der Waals surface area contributed by atoms with Gasteiger partial charge in [-0.05, 0) is 13.8 Å². The molecule has 1 saturated heterocycles. The van der Waals surface area contributed by atoms with Gasteiger partial charge < -0.3 is 20.5 Å². The molecule has 134 valence electrons. The van der Waals surface area contributed by atoms with Crippen molar-refractivity contribution in [1.29, 1.82) is 0 Å². The van der Waals surface area contributed by atoms with Gasteiger partial charge >= 0.3 is 0 Å². The highest BCUT2D eigenvalue weighted by Crippen LogP contribution is 2.28. The van der Waals surface area contributed by atoms with Crippen LogP contribution >= 0.6 is 0 Å². The molecule has 1 aliphatic rings. The summed E-state index contributed by atoms with van der Waals surface area (Å²) in [5.41, 5.74) is -0.212. The molecule has 7 heteroatoms. The second-order valence-corrected chi connectivity index (χ2v) is 6.72. The fraction of sp³-hybridized carbons (Fsp3) is 0.444. The van der Waals surface area contributed by atoms with Gasteiger partial charge in [-0.25, -0.2) is 4.39 Å². The molecular weight excluding hydrogens is 325 g/mol. The number of rotatable bonds is 4. The smallest absolute Gasteiger partial charge is 0.251 e. The summed E-state index contributed by atoms with van der Waals surface area (Å²) in [4.78, 5) is 16.8. The number of carbonyl (C=O) groups excluding carboxylic acids is 1. The van der Waals surface area contributed by atoms with Gasteiger partial charge in [0.2, 0.25) is 0 Å². The van der Waals surface area contributed by atoms with Crippen LogP contribution in [0, 0.1) is 5.82 Å². The van der Waals surface area contributed by atoms with Gasteiger partial charge in [0.15, 0.2) is 0 Å². The zero-order chi connectivity index (χ0) is 18.0. The number of nitrogens with zero attached hydrogens (tertiary/aromatic N) is 1. The molecule has 1 aliphatic heterocycles. The van der Waals surface area contributed by atoms with E-state index in [1.807, 2.05) is 19.9 Å². The number of hydrogen-bond acceptors (Lipinski definition) is 5. The van der Waals surface area contributed by atoms with Gasteiger partial charge in [0.25, 0.3) is 5.91 Å². The molecule has 0 unspecified atom stereocenters. The number of fused-ring (bicyclic) bond motifs is 1. The highest BCUT2D eigenvalue weighted by Gasteiger charge is 2.32. The molecule has 2 aromatic rings. The standard InChI is InChI=1S/C18H22FN3O3/c1-18(2,22-17(24)15-8-20-11(9-23)10-25-15)16-13-6-4-3-5-12(13)14(19)7-21-16/h3-7,11,15,20,23H,8-10H2,1-2H3,(H,22,24)/t11-,15+/m1/s1. The number of aliphatic hydroxyl groups is 1. The molecule has 0 aliphatic carbocycles. The number of carbonyl (C=O) groups is 1. The van der Waals surface area contributed by atoms with Crippen LogP contribution in [-0.4, -0.2) is 47.9 Å². The summed E-state index contributed by atoms with van der Waals surface area (Å²) in [6.07, 6.45) is 0.532. The minimum absolute atomic E-state index is 0.0364. The van der Waals surface area contributed by atoms with E-state index >= 15 is 0 Å². The molecule has 0 bridgehead atoms. The Kier molecular flexibility index (Phi) is 4.99. The van der Waals surface area contributed by atoms with Gasteiger partial charge in [-0.15, -0.1) is 0 Å². The van der Waals surface area contributed by atoms with Gasteiger partial charge in [-0.1, -0.05) is 24.3 Å². The Morgan fingerprint density at radius 3 is 2.80 bits per heavy atom. The van der Waals surface area contributed by atoms with E-state index in [2.05, 4.69) is 15.6 Å². The van der Waals surface area contributed by atoms with Gasteiger partial charge in [0, 0.05) is 17.3 Å². The average molecular weight is 347 g/mol. The molecule has 2 atom stereocenters. The first-order valence-electron chi connectivity index (χ1n) is 8.24. The molecule has 1 fully saturated rings. The monoisotopic (exact) mass is 347 g/mol. The maximum atomic E-state index is 14.0. The van der Waals surface area contributed by atoms with Crippen molar-refractivity contribution in [2.45, 2.75) is 31.5 Å². The van der Waals surface area contributed by atoms with Crippen LogP contribution < -0.4 is 10.6 Å². The van der Waals surface area contributed by atoms with Gasteiger partial charge in [0.05, 0.1) is 36.7 Å².